The molecule has 61 heavy (non-hydrogen) atoms. The molecule has 2 fully saturated rings. The van der Waals surface area contributed by atoms with E-state index in [1.165, 1.54) is 53.5 Å². The lowest BCUT2D eigenvalue weighted by molar-refractivity contribution is 0.381. The lowest BCUT2D eigenvalue weighted by Crippen LogP contribution is -2.48. The number of piperazine rings is 2. The number of rotatable bonds is 11. The zero-order valence-corrected chi connectivity index (χ0v) is 36.7. The Balaban J connectivity index is 0.000000184. The molecule has 2 saturated heterocycles. The van der Waals surface area contributed by atoms with Crippen molar-refractivity contribution in [2.45, 2.75) is 42.9 Å². The van der Waals surface area contributed by atoms with Gasteiger partial charge in [0.2, 0.25) is 20.0 Å². The third kappa shape index (κ3) is 10.7. The average Bonchev–Trinajstić information content (AvgIpc) is 3.92. The van der Waals surface area contributed by atoms with E-state index >= 15 is 0 Å². The van der Waals surface area contributed by atoms with Crippen LogP contribution in [0.1, 0.15) is 40.6 Å². The standard InChI is InChI=1S/C22H23F2N3O2S2.C21H21F2N3O2S2/c1-2-16-3-5-17(6-4-16)13-19-15-30-22(25-19)26-9-11-27(12-10-26)31(28,29)21-8-7-18(23)14-20(21)24;1-15-2-4-16(5-3-15)12-18-14-29-21(24-18)25-8-10-26(11-9-25)30(27,28)20-7-6-17(22)13-19(20)23/h3-8,14-15H,2,9-13H2,1H3;2-7,13-14H,8-12H2,1H3. The second-order valence-corrected chi connectivity index (χ2v) is 20.2. The van der Waals surface area contributed by atoms with Crippen LogP contribution < -0.4 is 9.80 Å². The van der Waals surface area contributed by atoms with Gasteiger partial charge in [0.15, 0.2) is 10.3 Å². The van der Waals surface area contributed by atoms with Crippen LogP contribution in [0.2, 0.25) is 0 Å². The van der Waals surface area contributed by atoms with E-state index in [1.807, 2.05) is 20.6 Å². The molecule has 0 aliphatic carbocycles. The minimum absolute atomic E-state index is 0.214. The second-order valence-electron chi connectivity index (χ2n) is 14.7. The van der Waals surface area contributed by atoms with Crippen molar-refractivity contribution in [3.8, 4) is 0 Å². The number of benzene rings is 4. The van der Waals surface area contributed by atoms with E-state index < -0.39 is 53.1 Å². The van der Waals surface area contributed by atoms with E-state index in [2.05, 4.69) is 62.4 Å². The van der Waals surface area contributed by atoms with E-state index in [4.69, 9.17) is 9.97 Å². The van der Waals surface area contributed by atoms with Gasteiger partial charge in [-0.15, -0.1) is 22.7 Å². The van der Waals surface area contributed by atoms with Gasteiger partial charge < -0.3 is 9.80 Å². The minimum atomic E-state index is -4.01. The molecule has 0 amide bonds. The summed E-state index contributed by atoms with van der Waals surface area (Å²) in [7, 11) is -8.01. The van der Waals surface area contributed by atoms with Gasteiger partial charge in [-0.25, -0.2) is 44.4 Å². The number of aromatic nitrogens is 2. The summed E-state index contributed by atoms with van der Waals surface area (Å²) in [4.78, 5) is 12.5. The first kappa shape index (κ1) is 44.3. The van der Waals surface area contributed by atoms with Crippen LogP contribution in [0.15, 0.2) is 105 Å². The molecule has 18 heteroatoms. The van der Waals surface area contributed by atoms with Crippen molar-refractivity contribution in [1.29, 1.82) is 0 Å². The molecule has 2 aliphatic heterocycles. The maximum Gasteiger partial charge on any atom is 0.246 e. The highest BCUT2D eigenvalue weighted by atomic mass is 32.2. The molecule has 0 bridgehead atoms. The number of aryl methyl sites for hydroxylation is 2. The van der Waals surface area contributed by atoms with Crippen LogP contribution in [0.5, 0.6) is 0 Å². The predicted octanol–water partition coefficient (Wildman–Crippen LogP) is 7.92. The number of nitrogens with zero attached hydrogens (tertiary/aromatic N) is 6. The van der Waals surface area contributed by atoms with E-state index in [9.17, 15) is 34.4 Å². The molecule has 322 valence electrons. The molecule has 4 aromatic carbocycles. The summed E-state index contributed by atoms with van der Waals surface area (Å²) in [6.07, 6.45) is 2.50. The molecule has 2 aliphatic rings. The average molecular weight is 913 g/mol. The maximum atomic E-state index is 14.0. The summed E-state index contributed by atoms with van der Waals surface area (Å²) in [5.41, 5.74) is 6.86. The highest BCUT2D eigenvalue weighted by molar-refractivity contribution is 7.89. The third-order valence-corrected chi connectivity index (χ3v) is 16.2. The second kappa shape index (κ2) is 19.1. The molecule has 8 rings (SSSR count). The molecule has 0 radical (unpaired) electrons. The van der Waals surface area contributed by atoms with Crippen LogP contribution in [0.25, 0.3) is 0 Å². The zero-order valence-electron chi connectivity index (χ0n) is 33.5. The molecule has 0 spiro atoms. The molecular weight excluding hydrogens is 869 g/mol. The molecule has 0 atom stereocenters. The van der Waals surface area contributed by atoms with Gasteiger partial charge >= 0.3 is 0 Å². The zero-order chi connectivity index (χ0) is 43.3. The normalized spacial score (nSPS) is 15.4. The number of hydrogen-bond donors (Lipinski definition) is 0. The third-order valence-electron chi connectivity index (χ3n) is 10.4. The Labute approximate surface area is 361 Å². The lowest BCUT2D eigenvalue weighted by atomic mass is 10.1. The summed E-state index contributed by atoms with van der Waals surface area (Å²) in [6.45, 7) is 6.87. The first-order valence-electron chi connectivity index (χ1n) is 19.6. The largest absolute Gasteiger partial charge is 0.345 e. The molecule has 4 heterocycles. The fraction of sp³-hybridized carbons (Fsp3) is 0.302. The van der Waals surface area contributed by atoms with E-state index in [0.717, 1.165) is 65.2 Å². The Hall–Kier alpha value is -4.72. The van der Waals surface area contributed by atoms with E-state index in [1.54, 1.807) is 0 Å². The summed E-state index contributed by atoms with van der Waals surface area (Å²) < 4.78 is 108. The van der Waals surface area contributed by atoms with Gasteiger partial charge in [-0.05, 0) is 54.3 Å². The number of hydrogen-bond acceptors (Lipinski definition) is 10. The van der Waals surface area contributed by atoms with Gasteiger partial charge in [-0.1, -0.05) is 61.0 Å². The smallest absolute Gasteiger partial charge is 0.246 e. The Bertz CT molecular complexity index is 2660. The summed E-state index contributed by atoms with van der Waals surface area (Å²) in [5, 5.41) is 5.75. The van der Waals surface area contributed by atoms with Gasteiger partial charge in [0.1, 0.15) is 33.1 Å². The Morgan fingerprint density at radius 3 is 1.30 bits per heavy atom. The fourth-order valence-electron chi connectivity index (χ4n) is 6.95. The highest BCUT2D eigenvalue weighted by Crippen LogP contribution is 2.28. The topological polar surface area (TPSA) is 107 Å². The van der Waals surface area contributed by atoms with Gasteiger partial charge in [-0.2, -0.15) is 8.61 Å². The first-order valence-corrected chi connectivity index (χ1v) is 24.3. The van der Waals surface area contributed by atoms with Crippen LogP contribution in [-0.2, 0) is 39.3 Å². The van der Waals surface area contributed by atoms with Crippen molar-refractivity contribution in [3.63, 3.8) is 0 Å². The van der Waals surface area contributed by atoms with Crippen molar-refractivity contribution in [3.05, 3.63) is 153 Å². The number of sulfonamides is 2. The van der Waals surface area contributed by atoms with Gasteiger partial charge in [0, 0.05) is 88.1 Å². The van der Waals surface area contributed by atoms with Crippen LogP contribution in [0.3, 0.4) is 0 Å². The SMILES string of the molecule is CCc1ccc(Cc2csc(N3CCN(S(=O)(=O)c4ccc(F)cc4F)CC3)n2)cc1.Cc1ccc(Cc2csc(N3CCN(S(=O)(=O)c4ccc(F)cc4F)CC3)n2)cc1. The first-order chi connectivity index (χ1) is 29.2. The van der Waals surface area contributed by atoms with Crippen LogP contribution in [0, 0.1) is 30.2 Å². The van der Waals surface area contributed by atoms with Crippen LogP contribution in [0.4, 0.5) is 27.8 Å². The van der Waals surface area contributed by atoms with Crippen molar-refractivity contribution < 1.29 is 34.4 Å². The van der Waals surface area contributed by atoms with Crippen LogP contribution >= 0.6 is 22.7 Å². The number of halogens is 4. The van der Waals surface area contributed by atoms with Gasteiger partial charge in [0.05, 0.1) is 11.4 Å². The van der Waals surface area contributed by atoms with E-state index in [0.29, 0.717) is 38.3 Å². The molecule has 0 saturated carbocycles. The quantitative estimate of drug-likeness (QED) is 0.121. The Kier molecular flexibility index (Phi) is 13.9. The van der Waals surface area contributed by atoms with Crippen molar-refractivity contribution in [2.24, 2.45) is 0 Å². The number of anilines is 2. The molecular formula is C43H44F4N6O4S4. The summed E-state index contributed by atoms with van der Waals surface area (Å²) in [6, 6.07) is 21.9. The van der Waals surface area contributed by atoms with Crippen LogP contribution in [-0.4, -0.2) is 87.8 Å². The molecule has 2 aromatic heterocycles. The van der Waals surface area contributed by atoms with Crippen molar-refractivity contribution >= 4 is 53.0 Å². The van der Waals surface area contributed by atoms with Gasteiger partial charge in [-0.3, -0.25) is 0 Å². The molecule has 6 aromatic rings. The number of thiazole rings is 2. The molecule has 10 nitrogen and oxygen atoms in total. The van der Waals surface area contributed by atoms with Crippen molar-refractivity contribution in [2.75, 3.05) is 62.2 Å². The highest BCUT2D eigenvalue weighted by Gasteiger charge is 2.33. The molecule has 0 unspecified atom stereocenters. The van der Waals surface area contributed by atoms with E-state index in [-0.39, 0.29) is 26.2 Å². The Morgan fingerprint density at radius 2 is 0.918 bits per heavy atom. The minimum Gasteiger partial charge on any atom is -0.345 e. The monoisotopic (exact) mass is 912 g/mol. The summed E-state index contributed by atoms with van der Waals surface area (Å²) >= 11 is 3.07. The molecule has 0 N–H and O–H groups in total. The fourth-order valence-corrected chi connectivity index (χ4v) is 11.6. The Morgan fingerprint density at radius 1 is 0.541 bits per heavy atom. The van der Waals surface area contributed by atoms with Crippen molar-refractivity contribution in [1.82, 2.24) is 18.6 Å². The maximum absolute atomic E-state index is 14.0. The van der Waals surface area contributed by atoms with Gasteiger partial charge in [0.25, 0.3) is 0 Å². The summed E-state index contributed by atoms with van der Waals surface area (Å²) in [5.74, 6) is -3.75. The lowest BCUT2D eigenvalue weighted by Gasteiger charge is -2.33. The predicted molar refractivity (Wildman–Crippen MR) is 231 cm³/mol.